The zero-order valence-electron chi connectivity index (χ0n) is 15.0. The Morgan fingerprint density at radius 3 is 2.42 bits per heavy atom. The van der Waals surface area contributed by atoms with Crippen LogP contribution in [-0.4, -0.2) is 30.3 Å². The smallest absolute Gasteiger partial charge is 0.329 e. The summed E-state index contributed by atoms with van der Waals surface area (Å²) in [7, 11) is 3.27. The van der Waals surface area contributed by atoms with Crippen molar-refractivity contribution >= 4 is 11.2 Å². The van der Waals surface area contributed by atoms with E-state index in [2.05, 4.69) is 30.7 Å². The zero-order valence-corrected chi connectivity index (χ0v) is 15.0. The Kier molecular flexibility index (Phi) is 3.75. The lowest BCUT2D eigenvalue weighted by Crippen LogP contribution is -2.35. The minimum atomic E-state index is -0.448. The Morgan fingerprint density at radius 2 is 1.96 bits per heavy atom. The van der Waals surface area contributed by atoms with Gasteiger partial charge in [0.25, 0.3) is 5.56 Å². The number of aromatic nitrogens is 4. The van der Waals surface area contributed by atoms with Gasteiger partial charge in [-0.1, -0.05) is 20.8 Å². The van der Waals surface area contributed by atoms with Gasteiger partial charge in [-0.05, 0) is 36.0 Å². The van der Waals surface area contributed by atoms with Crippen molar-refractivity contribution in [2.75, 3.05) is 0 Å². The highest BCUT2D eigenvalue weighted by molar-refractivity contribution is 5.69. The van der Waals surface area contributed by atoms with E-state index in [4.69, 9.17) is 0 Å². The molecule has 2 bridgehead atoms. The molecule has 2 heterocycles. The molecule has 2 saturated carbocycles. The fraction of sp³-hybridized carbons (Fsp3) is 0.706. The van der Waals surface area contributed by atoms with Crippen LogP contribution in [0.25, 0.3) is 11.2 Å². The van der Waals surface area contributed by atoms with Crippen molar-refractivity contribution in [2.24, 2.45) is 30.8 Å². The maximum Gasteiger partial charge on any atom is 0.329 e. The Labute approximate surface area is 140 Å². The molecule has 7 nitrogen and oxygen atoms in total. The molecular weight excluding hydrogens is 308 g/mol. The highest BCUT2D eigenvalue weighted by atomic mass is 16.3. The van der Waals surface area contributed by atoms with E-state index in [1.807, 2.05) is 0 Å². The van der Waals surface area contributed by atoms with Gasteiger partial charge in [-0.2, -0.15) is 0 Å². The summed E-state index contributed by atoms with van der Waals surface area (Å²) in [5.41, 5.74) is 0.553. The van der Waals surface area contributed by atoms with E-state index < -0.39 is 11.2 Å². The van der Waals surface area contributed by atoms with Crippen LogP contribution in [-0.2, 0) is 14.1 Å². The summed E-state index contributed by atoms with van der Waals surface area (Å²) in [6.45, 7) is 6.90. The van der Waals surface area contributed by atoms with Crippen LogP contribution in [0.4, 0.5) is 0 Å². The first-order valence-electron chi connectivity index (χ1n) is 8.38. The molecule has 2 aromatic rings. The first-order valence-corrected chi connectivity index (χ1v) is 8.38. The lowest BCUT2D eigenvalue weighted by molar-refractivity contribution is 0.0126. The molecule has 7 heteroatoms. The van der Waals surface area contributed by atoms with Crippen molar-refractivity contribution in [1.29, 1.82) is 0 Å². The number of rotatable bonds is 0. The van der Waals surface area contributed by atoms with E-state index in [1.54, 1.807) is 18.7 Å². The molecule has 0 amide bonds. The average Bonchev–Trinajstić information content (AvgIpc) is 3.05. The van der Waals surface area contributed by atoms with Crippen LogP contribution >= 0.6 is 0 Å². The lowest BCUT2D eigenvalue weighted by Gasteiger charge is -2.36. The van der Waals surface area contributed by atoms with Crippen molar-refractivity contribution < 1.29 is 5.11 Å². The van der Waals surface area contributed by atoms with Gasteiger partial charge >= 0.3 is 5.69 Å². The van der Waals surface area contributed by atoms with Gasteiger partial charge in [0.2, 0.25) is 0 Å². The molecule has 24 heavy (non-hydrogen) atoms. The number of nitrogens with zero attached hydrogens (tertiary/aromatic N) is 3. The van der Waals surface area contributed by atoms with E-state index in [9.17, 15) is 14.7 Å². The van der Waals surface area contributed by atoms with Crippen LogP contribution in [0, 0.1) is 16.7 Å². The monoisotopic (exact) mass is 334 g/mol. The number of nitrogens with one attached hydrogen (secondary N) is 1. The second kappa shape index (κ2) is 5.31. The number of fused-ring (bicyclic) bond motifs is 3. The number of aromatic amines is 1. The summed E-state index contributed by atoms with van der Waals surface area (Å²) in [5.74, 6) is 0.780. The van der Waals surface area contributed by atoms with Crippen LogP contribution in [0.2, 0.25) is 0 Å². The van der Waals surface area contributed by atoms with Gasteiger partial charge in [-0.25, -0.2) is 9.78 Å². The summed E-state index contributed by atoms with van der Waals surface area (Å²) < 4.78 is 2.88. The molecule has 0 saturated heterocycles. The summed E-state index contributed by atoms with van der Waals surface area (Å²) in [6.07, 6.45) is 5.08. The molecule has 3 unspecified atom stereocenters. The molecule has 132 valence electrons. The van der Waals surface area contributed by atoms with Crippen molar-refractivity contribution in [3.05, 3.63) is 27.2 Å². The van der Waals surface area contributed by atoms with Crippen molar-refractivity contribution in [3.8, 4) is 0 Å². The van der Waals surface area contributed by atoms with E-state index in [0.29, 0.717) is 16.6 Å². The molecule has 2 N–H and O–H groups in total. The van der Waals surface area contributed by atoms with Gasteiger partial charge in [0.05, 0.1) is 12.4 Å². The number of H-pyrrole nitrogens is 1. The summed E-state index contributed by atoms with van der Waals surface area (Å²) in [4.78, 5) is 28.6. The van der Waals surface area contributed by atoms with E-state index in [1.165, 1.54) is 23.7 Å². The number of aliphatic hydroxyl groups is 1. The standard InChI is InChI=1S/C10H18O.C7H8N4O2/c1-9(2)7-4-5-10(9,3)8(11)6-7;1-10-3-8-5-4(10)6(12)9-7(13)11(5)2/h7-8,11H,4-6H2,1-3H3;3H,1-2H3,(H,9,12,13). The van der Waals surface area contributed by atoms with Gasteiger partial charge in [0.1, 0.15) is 0 Å². The van der Waals surface area contributed by atoms with Gasteiger partial charge in [-0.3, -0.25) is 14.3 Å². The second-order valence-corrected chi connectivity index (χ2v) is 7.97. The number of imidazole rings is 1. The van der Waals surface area contributed by atoms with Crippen molar-refractivity contribution in [2.45, 2.75) is 46.1 Å². The number of aryl methyl sites for hydroxylation is 2. The molecule has 2 aliphatic carbocycles. The molecule has 2 aliphatic rings. The molecule has 3 atom stereocenters. The van der Waals surface area contributed by atoms with Crippen LogP contribution in [0.3, 0.4) is 0 Å². The minimum Gasteiger partial charge on any atom is -0.393 e. The molecule has 0 aromatic carbocycles. The van der Waals surface area contributed by atoms with Gasteiger partial charge < -0.3 is 9.67 Å². The fourth-order valence-electron chi connectivity index (χ4n) is 4.42. The SMILES string of the molecule is CC1(C)C2CCC1(C)C(O)C2.Cn1cnc2c1c(=O)[nH]c(=O)n2C. The summed E-state index contributed by atoms with van der Waals surface area (Å²) >= 11 is 0. The van der Waals surface area contributed by atoms with Crippen LogP contribution < -0.4 is 11.2 Å². The Balaban J connectivity index is 0.000000143. The van der Waals surface area contributed by atoms with E-state index >= 15 is 0 Å². The summed E-state index contributed by atoms with van der Waals surface area (Å²) in [5, 5.41) is 9.81. The number of hydrogen-bond acceptors (Lipinski definition) is 4. The van der Waals surface area contributed by atoms with Gasteiger partial charge in [0.15, 0.2) is 11.2 Å². The predicted octanol–water partition coefficient (Wildman–Crippen LogP) is 1.15. The largest absolute Gasteiger partial charge is 0.393 e. The Morgan fingerprint density at radius 1 is 1.29 bits per heavy atom. The molecule has 0 spiro atoms. The van der Waals surface area contributed by atoms with Gasteiger partial charge in [-0.15, -0.1) is 0 Å². The fourth-order valence-corrected chi connectivity index (χ4v) is 4.42. The first kappa shape index (κ1) is 17.0. The maximum atomic E-state index is 11.3. The topological polar surface area (TPSA) is 92.9 Å². The third kappa shape index (κ3) is 2.17. The van der Waals surface area contributed by atoms with E-state index in [0.717, 1.165) is 12.3 Å². The molecule has 0 radical (unpaired) electrons. The third-order valence-electron chi connectivity index (χ3n) is 6.72. The van der Waals surface area contributed by atoms with Gasteiger partial charge in [0, 0.05) is 14.1 Å². The lowest BCUT2D eigenvalue weighted by atomic mass is 9.70. The highest BCUT2D eigenvalue weighted by Gasteiger charge is 2.60. The Hall–Kier alpha value is -1.89. The quantitative estimate of drug-likeness (QED) is 0.756. The van der Waals surface area contributed by atoms with Crippen LogP contribution in [0.15, 0.2) is 15.9 Å². The number of aliphatic hydroxyl groups excluding tert-OH is 1. The maximum absolute atomic E-state index is 11.3. The number of hydrogen-bond donors (Lipinski definition) is 2. The Bertz CT molecular complexity index is 891. The average molecular weight is 334 g/mol. The second-order valence-electron chi connectivity index (χ2n) is 7.97. The normalized spacial score (nSPS) is 30.4. The molecule has 4 rings (SSSR count). The first-order chi connectivity index (χ1) is 11.1. The molecular formula is C17H26N4O3. The third-order valence-corrected chi connectivity index (χ3v) is 6.72. The van der Waals surface area contributed by atoms with Crippen LogP contribution in [0.5, 0.6) is 0 Å². The predicted molar refractivity (Wildman–Crippen MR) is 91.8 cm³/mol. The minimum absolute atomic E-state index is 0.0313. The van der Waals surface area contributed by atoms with Crippen LogP contribution in [0.1, 0.15) is 40.0 Å². The molecule has 2 aromatic heterocycles. The zero-order chi connectivity index (χ0) is 17.9. The molecule has 0 aliphatic heterocycles. The van der Waals surface area contributed by atoms with Crippen molar-refractivity contribution in [3.63, 3.8) is 0 Å². The highest BCUT2D eigenvalue weighted by Crippen LogP contribution is 2.65. The molecule has 2 fully saturated rings. The van der Waals surface area contributed by atoms with E-state index in [-0.39, 0.29) is 11.5 Å². The van der Waals surface area contributed by atoms with Crippen molar-refractivity contribution in [1.82, 2.24) is 19.1 Å². The summed E-state index contributed by atoms with van der Waals surface area (Å²) in [6, 6.07) is 0.